The highest BCUT2D eigenvalue weighted by Gasteiger charge is 2.42. The monoisotopic (exact) mass is 396 g/mol. The summed E-state index contributed by atoms with van der Waals surface area (Å²) >= 11 is 0. The molecule has 3 rings (SSSR count). The maximum absolute atomic E-state index is 12.9. The summed E-state index contributed by atoms with van der Waals surface area (Å²) in [6, 6.07) is 13.9. The molecule has 0 saturated carbocycles. The summed E-state index contributed by atoms with van der Waals surface area (Å²) < 4.78 is 10.2. The number of allylic oxidation sites excluding steroid dienone is 1. The van der Waals surface area contributed by atoms with E-state index in [1.165, 1.54) is 12.0 Å². The van der Waals surface area contributed by atoms with Crippen LogP contribution in [0.2, 0.25) is 0 Å². The van der Waals surface area contributed by atoms with Gasteiger partial charge in [0.05, 0.1) is 31.9 Å². The summed E-state index contributed by atoms with van der Waals surface area (Å²) in [6.07, 6.45) is 1.10. The standard InChI is InChI=1S/C21H20N2O6/c1-28-16-7-3-14(4-8-16)11-18-20(24)19(23(26)27)13-22(21(18)25)12-15-5-9-17(29-2)10-6-15/h3-10,13,18H,11-12H2,1-2H3. The molecule has 0 aliphatic carbocycles. The van der Waals surface area contributed by atoms with Crippen LogP contribution in [-0.4, -0.2) is 35.7 Å². The van der Waals surface area contributed by atoms with Crippen molar-refractivity contribution in [2.24, 2.45) is 5.92 Å². The van der Waals surface area contributed by atoms with E-state index >= 15 is 0 Å². The number of ether oxygens (including phenoxy) is 2. The van der Waals surface area contributed by atoms with Gasteiger partial charge in [0, 0.05) is 0 Å². The maximum atomic E-state index is 12.9. The van der Waals surface area contributed by atoms with Gasteiger partial charge in [0.15, 0.2) is 0 Å². The Morgan fingerprint density at radius 3 is 1.93 bits per heavy atom. The number of nitro groups is 1. The van der Waals surface area contributed by atoms with E-state index < -0.39 is 28.2 Å². The van der Waals surface area contributed by atoms with Gasteiger partial charge in [-0.15, -0.1) is 0 Å². The topological polar surface area (TPSA) is 99.0 Å². The van der Waals surface area contributed by atoms with Crippen LogP contribution in [0.1, 0.15) is 11.1 Å². The summed E-state index contributed by atoms with van der Waals surface area (Å²) in [4.78, 5) is 37.4. The molecule has 0 radical (unpaired) electrons. The van der Waals surface area contributed by atoms with Gasteiger partial charge in [-0.05, 0) is 41.8 Å². The molecule has 1 aliphatic rings. The van der Waals surface area contributed by atoms with Crippen LogP contribution < -0.4 is 9.47 Å². The second kappa shape index (κ2) is 8.55. The van der Waals surface area contributed by atoms with E-state index in [9.17, 15) is 19.7 Å². The van der Waals surface area contributed by atoms with E-state index in [2.05, 4.69) is 0 Å². The summed E-state index contributed by atoms with van der Waals surface area (Å²) in [5.74, 6) is -1.09. The number of Topliss-reactive ketones (excluding diaryl/α,β-unsaturated/α-hetero) is 1. The lowest BCUT2D eigenvalue weighted by molar-refractivity contribution is -0.420. The van der Waals surface area contributed by atoms with Crippen LogP contribution in [0.4, 0.5) is 0 Å². The van der Waals surface area contributed by atoms with Crippen LogP contribution in [0, 0.1) is 16.0 Å². The Bertz CT molecular complexity index is 950. The van der Waals surface area contributed by atoms with Crippen molar-refractivity contribution in [2.75, 3.05) is 14.2 Å². The molecule has 1 amide bonds. The highest BCUT2D eigenvalue weighted by molar-refractivity contribution is 6.11. The molecule has 150 valence electrons. The molecular formula is C21H20N2O6. The smallest absolute Gasteiger partial charge is 0.328 e. The van der Waals surface area contributed by atoms with Crippen molar-refractivity contribution in [2.45, 2.75) is 13.0 Å². The molecule has 0 saturated heterocycles. The molecule has 0 bridgehead atoms. The van der Waals surface area contributed by atoms with Gasteiger partial charge in [0.1, 0.15) is 17.4 Å². The van der Waals surface area contributed by atoms with E-state index in [1.54, 1.807) is 55.6 Å². The summed E-state index contributed by atoms with van der Waals surface area (Å²) in [6.45, 7) is 0.118. The van der Waals surface area contributed by atoms with Gasteiger partial charge < -0.3 is 14.4 Å². The van der Waals surface area contributed by atoms with Crippen molar-refractivity contribution in [3.05, 3.63) is 81.7 Å². The maximum Gasteiger partial charge on any atom is 0.328 e. The fourth-order valence-electron chi connectivity index (χ4n) is 3.13. The zero-order valence-corrected chi connectivity index (χ0v) is 16.0. The first-order valence-corrected chi connectivity index (χ1v) is 8.89. The Hall–Kier alpha value is -3.68. The quantitative estimate of drug-likeness (QED) is 0.405. The number of rotatable bonds is 7. The molecule has 1 aliphatic heterocycles. The zero-order chi connectivity index (χ0) is 21.0. The molecule has 2 aromatic rings. The Morgan fingerprint density at radius 1 is 0.931 bits per heavy atom. The molecule has 0 spiro atoms. The first kappa shape index (κ1) is 20.1. The van der Waals surface area contributed by atoms with Crippen molar-refractivity contribution < 1.29 is 24.0 Å². The lowest BCUT2D eigenvalue weighted by atomic mass is 9.90. The van der Waals surface area contributed by atoms with Crippen LogP contribution in [0.5, 0.6) is 11.5 Å². The van der Waals surface area contributed by atoms with Gasteiger partial charge in [-0.25, -0.2) is 0 Å². The predicted octanol–water partition coefficient (Wildman–Crippen LogP) is 2.59. The van der Waals surface area contributed by atoms with E-state index in [0.29, 0.717) is 17.1 Å². The highest BCUT2D eigenvalue weighted by atomic mass is 16.6. The number of hydrogen-bond donors (Lipinski definition) is 0. The third-order valence-electron chi connectivity index (χ3n) is 4.74. The minimum atomic E-state index is -1.15. The Morgan fingerprint density at radius 2 is 1.45 bits per heavy atom. The minimum absolute atomic E-state index is 0.0754. The van der Waals surface area contributed by atoms with Gasteiger partial charge in [0.2, 0.25) is 11.7 Å². The van der Waals surface area contributed by atoms with Crippen molar-refractivity contribution in [1.82, 2.24) is 4.90 Å². The van der Waals surface area contributed by atoms with E-state index in [4.69, 9.17) is 9.47 Å². The number of carbonyl (C=O) groups is 2. The second-order valence-electron chi connectivity index (χ2n) is 6.55. The van der Waals surface area contributed by atoms with Crippen molar-refractivity contribution >= 4 is 11.7 Å². The number of amides is 1. The number of methoxy groups -OCH3 is 2. The molecule has 0 N–H and O–H groups in total. The van der Waals surface area contributed by atoms with Crippen LogP contribution in [0.15, 0.2) is 60.4 Å². The Balaban J connectivity index is 1.86. The lowest BCUT2D eigenvalue weighted by Crippen LogP contribution is -2.43. The number of carbonyl (C=O) groups excluding carboxylic acids is 2. The van der Waals surface area contributed by atoms with Crippen molar-refractivity contribution in [3.8, 4) is 11.5 Å². The number of benzene rings is 2. The molecule has 0 aromatic heterocycles. The van der Waals surface area contributed by atoms with Crippen LogP contribution in [0.25, 0.3) is 0 Å². The zero-order valence-electron chi connectivity index (χ0n) is 16.0. The van der Waals surface area contributed by atoms with Crippen LogP contribution >= 0.6 is 0 Å². The van der Waals surface area contributed by atoms with E-state index in [0.717, 1.165) is 11.8 Å². The Labute approximate surface area is 167 Å². The first-order chi connectivity index (χ1) is 13.9. The van der Waals surface area contributed by atoms with E-state index in [1.807, 2.05) is 0 Å². The first-order valence-electron chi connectivity index (χ1n) is 8.89. The SMILES string of the molecule is COc1ccc(CC2C(=O)C([N+](=O)[O-])=CN(Cc3ccc(OC)cc3)C2=O)cc1. The molecule has 1 unspecified atom stereocenters. The molecule has 1 heterocycles. The second-order valence-corrected chi connectivity index (χ2v) is 6.55. The number of nitrogens with zero attached hydrogens (tertiary/aromatic N) is 2. The van der Waals surface area contributed by atoms with Crippen molar-refractivity contribution in [3.63, 3.8) is 0 Å². The van der Waals surface area contributed by atoms with Gasteiger partial charge >= 0.3 is 5.70 Å². The number of ketones is 1. The number of hydrogen-bond acceptors (Lipinski definition) is 6. The van der Waals surface area contributed by atoms with E-state index in [-0.39, 0.29) is 13.0 Å². The molecule has 8 nitrogen and oxygen atoms in total. The predicted molar refractivity (Wildman–Crippen MR) is 104 cm³/mol. The molecule has 8 heteroatoms. The van der Waals surface area contributed by atoms with Gasteiger partial charge in [0.25, 0.3) is 0 Å². The molecular weight excluding hydrogens is 376 g/mol. The lowest BCUT2D eigenvalue weighted by Gasteiger charge is -2.27. The van der Waals surface area contributed by atoms with Crippen LogP contribution in [0.3, 0.4) is 0 Å². The summed E-state index contributed by atoms with van der Waals surface area (Å²) in [5.41, 5.74) is 0.888. The van der Waals surface area contributed by atoms with Gasteiger partial charge in [-0.2, -0.15) is 0 Å². The van der Waals surface area contributed by atoms with Crippen molar-refractivity contribution in [1.29, 1.82) is 0 Å². The molecule has 1 atom stereocenters. The summed E-state index contributed by atoms with van der Waals surface area (Å²) in [7, 11) is 3.08. The normalized spacial score (nSPS) is 16.4. The fraction of sp³-hybridized carbons (Fsp3) is 0.238. The largest absolute Gasteiger partial charge is 0.497 e. The average molecular weight is 396 g/mol. The minimum Gasteiger partial charge on any atom is -0.497 e. The molecule has 0 fully saturated rings. The third kappa shape index (κ3) is 4.43. The molecule has 29 heavy (non-hydrogen) atoms. The molecule has 2 aromatic carbocycles. The Kier molecular flexibility index (Phi) is 5.92. The third-order valence-corrected chi connectivity index (χ3v) is 4.74. The van der Waals surface area contributed by atoms with Gasteiger partial charge in [-0.3, -0.25) is 19.7 Å². The van der Waals surface area contributed by atoms with Crippen LogP contribution in [-0.2, 0) is 22.6 Å². The fourth-order valence-corrected chi connectivity index (χ4v) is 3.13. The summed E-state index contributed by atoms with van der Waals surface area (Å²) in [5, 5.41) is 11.4. The average Bonchev–Trinajstić information content (AvgIpc) is 2.73. The highest BCUT2D eigenvalue weighted by Crippen LogP contribution is 2.25. The van der Waals surface area contributed by atoms with Gasteiger partial charge in [-0.1, -0.05) is 24.3 Å².